The molecule has 1 aliphatic heterocycles. The lowest BCUT2D eigenvalue weighted by Gasteiger charge is -2.41. The molecule has 106 valence electrons. The Balaban J connectivity index is 2.08. The second-order valence-electron chi connectivity index (χ2n) is 5.95. The van der Waals surface area contributed by atoms with Crippen molar-refractivity contribution in [1.82, 2.24) is 10.2 Å². The van der Waals surface area contributed by atoms with Crippen LogP contribution in [0.5, 0.6) is 0 Å². The molecule has 2 atom stereocenters. The zero-order valence-electron chi connectivity index (χ0n) is 12.3. The molecule has 1 heterocycles. The van der Waals surface area contributed by atoms with Gasteiger partial charge in [-0.1, -0.05) is 38.1 Å². The van der Waals surface area contributed by atoms with Gasteiger partial charge < -0.3 is 10.4 Å². The molecule has 2 rings (SSSR count). The Morgan fingerprint density at radius 2 is 2.11 bits per heavy atom. The molecular formula is C16H26N2O. The van der Waals surface area contributed by atoms with Crippen LogP contribution in [0, 0.1) is 12.8 Å². The summed E-state index contributed by atoms with van der Waals surface area (Å²) in [6.07, 6.45) is 0. The van der Waals surface area contributed by atoms with Gasteiger partial charge in [0.1, 0.15) is 0 Å². The zero-order valence-corrected chi connectivity index (χ0v) is 12.3. The fourth-order valence-corrected chi connectivity index (χ4v) is 2.71. The zero-order chi connectivity index (χ0) is 13.8. The van der Waals surface area contributed by atoms with Crippen molar-refractivity contribution in [1.29, 1.82) is 0 Å². The van der Waals surface area contributed by atoms with Gasteiger partial charge in [-0.2, -0.15) is 0 Å². The van der Waals surface area contributed by atoms with Crippen LogP contribution in [0.4, 0.5) is 0 Å². The van der Waals surface area contributed by atoms with Crippen molar-refractivity contribution in [3.05, 3.63) is 35.4 Å². The highest BCUT2D eigenvalue weighted by atomic mass is 16.3. The van der Waals surface area contributed by atoms with E-state index in [4.69, 9.17) is 0 Å². The largest absolute Gasteiger partial charge is 0.395 e. The third kappa shape index (κ3) is 3.56. The van der Waals surface area contributed by atoms with Crippen LogP contribution in [-0.2, 0) is 6.54 Å². The van der Waals surface area contributed by atoms with Crippen molar-refractivity contribution >= 4 is 0 Å². The molecule has 2 unspecified atom stereocenters. The Bertz CT molecular complexity index is 405. The molecule has 1 saturated heterocycles. The predicted octanol–water partition coefficient (Wildman–Crippen LogP) is 1.79. The van der Waals surface area contributed by atoms with Crippen LogP contribution < -0.4 is 5.32 Å². The van der Waals surface area contributed by atoms with E-state index in [0.29, 0.717) is 12.0 Å². The van der Waals surface area contributed by atoms with Gasteiger partial charge in [-0.05, 0) is 24.0 Å². The van der Waals surface area contributed by atoms with Crippen molar-refractivity contribution in [2.24, 2.45) is 5.92 Å². The van der Waals surface area contributed by atoms with E-state index in [0.717, 1.165) is 19.6 Å². The van der Waals surface area contributed by atoms with E-state index < -0.39 is 0 Å². The molecule has 0 spiro atoms. The number of hydrogen-bond donors (Lipinski definition) is 2. The first-order valence-electron chi connectivity index (χ1n) is 7.24. The molecule has 3 heteroatoms. The molecule has 0 aliphatic carbocycles. The van der Waals surface area contributed by atoms with Gasteiger partial charge in [-0.3, -0.25) is 4.90 Å². The minimum Gasteiger partial charge on any atom is -0.395 e. The molecular weight excluding hydrogens is 236 g/mol. The van der Waals surface area contributed by atoms with Crippen molar-refractivity contribution in [2.45, 2.75) is 39.4 Å². The van der Waals surface area contributed by atoms with E-state index in [1.165, 1.54) is 11.1 Å². The first kappa shape index (κ1) is 14.5. The fourth-order valence-electron chi connectivity index (χ4n) is 2.71. The van der Waals surface area contributed by atoms with Crippen molar-refractivity contribution in [3.63, 3.8) is 0 Å². The van der Waals surface area contributed by atoms with E-state index in [2.05, 4.69) is 55.3 Å². The number of aryl methyl sites for hydroxylation is 1. The average Bonchev–Trinajstić information content (AvgIpc) is 2.41. The highest BCUT2D eigenvalue weighted by Crippen LogP contribution is 2.17. The fraction of sp³-hybridized carbons (Fsp3) is 0.625. The van der Waals surface area contributed by atoms with Crippen molar-refractivity contribution in [3.8, 4) is 0 Å². The van der Waals surface area contributed by atoms with Crippen molar-refractivity contribution < 1.29 is 5.11 Å². The number of piperazine rings is 1. The number of aliphatic hydroxyl groups excluding tert-OH is 1. The summed E-state index contributed by atoms with van der Waals surface area (Å²) in [5.41, 5.74) is 2.70. The lowest BCUT2D eigenvalue weighted by atomic mass is 9.98. The third-order valence-corrected chi connectivity index (χ3v) is 4.21. The highest BCUT2D eigenvalue weighted by molar-refractivity contribution is 5.25. The number of benzene rings is 1. The Morgan fingerprint density at radius 3 is 2.74 bits per heavy atom. The molecule has 0 radical (unpaired) electrons. The highest BCUT2D eigenvalue weighted by Gasteiger charge is 2.28. The van der Waals surface area contributed by atoms with Crippen LogP contribution in [0.2, 0.25) is 0 Å². The summed E-state index contributed by atoms with van der Waals surface area (Å²) in [4.78, 5) is 2.42. The van der Waals surface area contributed by atoms with Gasteiger partial charge >= 0.3 is 0 Å². The number of hydrogen-bond acceptors (Lipinski definition) is 3. The molecule has 0 amide bonds. The summed E-state index contributed by atoms with van der Waals surface area (Å²) < 4.78 is 0. The molecule has 1 aliphatic rings. The van der Waals surface area contributed by atoms with Gasteiger partial charge in [0.25, 0.3) is 0 Å². The lowest BCUT2D eigenvalue weighted by molar-refractivity contribution is 0.0643. The maximum atomic E-state index is 9.55. The molecule has 0 aromatic heterocycles. The molecule has 1 aromatic rings. The van der Waals surface area contributed by atoms with Crippen LogP contribution in [0.15, 0.2) is 24.3 Å². The van der Waals surface area contributed by atoms with Crippen molar-refractivity contribution in [2.75, 3.05) is 19.7 Å². The topological polar surface area (TPSA) is 35.5 Å². The van der Waals surface area contributed by atoms with Gasteiger partial charge in [0.15, 0.2) is 0 Å². The van der Waals surface area contributed by atoms with Crippen LogP contribution in [0.25, 0.3) is 0 Å². The first-order valence-corrected chi connectivity index (χ1v) is 7.24. The Morgan fingerprint density at radius 1 is 1.37 bits per heavy atom. The smallest absolute Gasteiger partial charge is 0.0599 e. The Kier molecular flexibility index (Phi) is 4.97. The normalized spacial score (nSPS) is 24.9. The lowest BCUT2D eigenvalue weighted by Crippen LogP contribution is -2.58. The van der Waals surface area contributed by atoms with Gasteiger partial charge in [0.05, 0.1) is 6.61 Å². The van der Waals surface area contributed by atoms with E-state index in [-0.39, 0.29) is 12.6 Å². The van der Waals surface area contributed by atoms with Gasteiger partial charge in [-0.15, -0.1) is 0 Å². The number of rotatable bonds is 4. The second-order valence-corrected chi connectivity index (χ2v) is 5.95. The molecule has 1 fully saturated rings. The summed E-state index contributed by atoms with van der Waals surface area (Å²) in [6, 6.07) is 9.28. The van der Waals surface area contributed by atoms with E-state index in [1.807, 2.05) is 0 Å². The maximum Gasteiger partial charge on any atom is 0.0599 e. The summed E-state index contributed by atoms with van der Waals surface area (Å²) >= 11 is 0. The van der Waals surface area contributed by atoms with Crippen LogP contribution in [0.1, 0.15) is 25.0 Å². The first-order chi connectivity index (χ1) is 9.11. The quantitative estimate of drug-likeness (QED) is 0.868. The second kappa shape index (κ2) is 6.51. The van der Waals surface area contributed by atoms with Gasteiger partial charge in [-0.25, -0.2) is 0 Å². The molecule has 2 N–H and O–H groups in total. The van der Waals surface area contributed by atoms with E-state index in [1.54, 1.807) is 0 Å². The summed E-state index contributed by atoms with van der Waals surface area (Å²) in [6.45, 7) is 9.71. The van der Waals surface area contributed by atoms with Gasteiger partial charge in [0.2, 0.25) is 0 Å². The number of aliphatic hydroxyl groups is 1. The molecule has 3 nitrogen and oxygen atoms in total. The van der Waals surface area contributed by atoms with Crippen LogP contribution in [-0.4, -0.2) is 41.8 Å². The van der Waals surface area contributed by atoms with Gasteiger partial charge in [0, 0.05) is 31.7 Å². The standard InChI is InChI=1S/C16H26N2O/c1-12(2)16-10-18(15(11-19)8-17-16)9-14-7-5-4-6-13(14)3/h4-7,12,15-17,19H,8-11H2,1-3H3. The van der Waals surface area contributed by atoms with E-state index >= 15 is 0 Å². The summed E-state index contributed by atoms with van der Waals surface area (Å²) in [5, 5.41) is 13.1. The maximum absolute atomic E-state index is 9.55. The molecule has 1 aromatic carbocycles. The number of nitrogens with one attached hydrogen (secondary N) is 1. The number of nitrogens with zero attached hydrogens (tertiary/aromatic N) is 1. The Hall–Kier alpha value is -0.900. The Labute approximate surface area is 116 Å². The SMILES string of the molecule is Cc1ccccc1CN1CC(C(C)C)NCC1CO. The summed E-state index contributed by atoms with van der Waals surface area (Å²) in [7, 11) is 0. The molecule has 0 bridgehead atoms. The minimum atomic E-state index is 0.226. The molecule has 19 heavy (non-hydrogen) atoms. The third-order valence-electron chi connectivity index (χ3n) is 4.21. The average molecular weight is 262 g/mol. The van der Waals surface area contributed by atoms with E-state index in [9.17, 15) is 5.11 Å². The summed E-state index contributed by atoms with van der Waals surface area (Å²) in [5.74, 6) is 0.624. The monoisotopic (exact) mass is 262 g/mol. The minimum absolute atomic E-state index is 0.226. The van der Waals surface area contributed by atoms with Crippen LogP contribution >= 0.6 is 0 Å². The molecule has 0 saturated carbocycles. The van der Waals surface area contributed by atoms with Crippen LogP contribution in [0.3, 0.4) is 0 Å². The predicted molar refractivity (Wildman–Crippen MR) is 79.1 cm³/mol.